The van der Waals surface area contributed by atoms with Crippen LogP contribution >= 0.6 is 0 Å². The standard InChI is InChI=1S/C27H28F2N6O/c1-17(15-36)30-11-18-6-7-33(12-18)22-3-5-25-20(8-22)14-34-13-19(23-4-2-21(28)10-24(23)29)9-26(34)27-31-16-32-35(25)27/h2-5,8-10,13,16-18,30,36H,6-7,11-12,14-15H2,1H3/t17-,18-/m1/s1. The van der Waals surface area contributed by atoms with Gasteiger partial charge in [-0.15, -0.1) is 0 Å². The smallest absolute Gasteiger partial charge is 0.179 e. The second kappa shape index (κ2) is 9.15. The van der Waals surface area contributed by atoms with Crippen molar-refractivity contribution >= 4 is 5.69 Å². The fourth-order valence-electron chi connectivity index (χ4n) is 5.24. The van der Waals surface area contributed by atoms with Crippen molar-refractivity contribution in [3.8, 4) is 28.3 Å². The van der Waals surface area contributed by atoms with Crippen LogP contribution in [-0.4, -0.2) is 56.7 Å². The molecule has 4 aromatic rings. The summed E-state index contributed by atoms with van der Waals surface area (Å²) in [6.45, 7) is 5.54. The maximum Gasteiger partial charge on any atom is 0.179 e. The first-order valence-corrected chi connectivity index (χ1v) is 12.3. The Morgan fingerprint density at radius 1 is 1.17 bits per heavy atom. The van der Waals surface area contributed by atoms with Crippen molar-refractivity contribution in [2.75, 3.05) is 31.1 Å². The Morgan fingerprint density at radius 3 is 2.89 bits per heavy atom. The van der Waals surface area contributed by atoms with E-state index in [1.54, 1.807) is 0 Å². The second-order valence-electron chi connectivity index (χ2n) is 9.77. The van der Waals surface area contributed by atoms with Crippen LogP contribution in [0.2, 0.25) is 0 Å². The number of fused-ring (bicyclic) bond motifs is 5. The molecule has 2 aliphatic rings. The average molecular weight is 491 g/mol. The Bertz CT molecular complexity index is 1410. The van der Waals surface area contributed by atoms with E-state index in [9.17, 15) is 13.9 Å². The number of halogens is 2. The SMILES string of the molecule is C[C@H](CO)NC[C@H]1CCN(c2ccc3c(c2)Cn2cc(-c4ccc(F)cc4F)cc2-c2ncnn2-3)C1. The maximum absolute atomic E-state index is 14.5. The zero-order chi connectivity index (χ0) is 24.8. The Balaban J connectivity index is 1.31. The highest BCUT2D eigenvalue weighted by Gasteiger charge is 2.26. The predicted octanol–water partition coefficient (Wildman–Crippen LogP) is 3.84. The van der Waals surface area contributed by atoms with E-state index in [-0.39, 0.29) is 12.6 Å². The molecule has 6 rings (SSSR count). The van der Waals surface area contributed by atoms with E-state index in [1.165, 1.54) is 18.5 Å². The largest absolute Gasteiger partial charge is 0.395 e. The van der Waals surface area contributed by atoms with Crippen LogP contribution in [0.4, 0.5) is 14.5 Å². The Labute approximate surface area is 208 Å². The van der Waals surface area contributed by atoms with Crippen LogP contribution in [0.15, 0.2) is 55.0 Å². The van der Waals surface area contributed by atoms with Crippen molar-refractivity contribution in [3.63, 3.8) is 0 Å². The minimum absolute atomic E-state index is 0.104. The first-order chi connectivity index (χ1) is 17.5. The number of nitrogens with zero attached hydrogens (tertiary/aromatic N) is 5. The molecule has 4 heterocycles. The van der Waals surface area contributed by atoms with Crippen LogP contribution in [0.3, 0.4) is 0 Å². The van der Waals surface area contributed by atoms with Crippen molar-refractivity contribution < 1.29 is 13.9 Å². The van der Waals surface area contributed by atoms with Gasteiger partial charge in [0, 0.05) is 61.3 Å². The summed E-state index contributed by atoms with van der Waals surface area (Å²) in [7, 11) is 0. The lowest BCUT2D eigenvalue weighted by molar-refractivity contribution is 0.247. The van der Waals surface area contributed by atoms with E-state index in [2.05, 4.69) is 43.1 Å². The molecule has 7 nitrogen and oxygen atoms in total. The van der Waals surface area contributed by atoms with Crippen LogP contribution in [0.5, 0.6) is 0 Å². The van der Waals surface area contributed by atoms with Crippen LogP contribution in [0.25, 0.3) is 28.3 Å². The van der Waals surface area contributed by atoms with Crippen molar-refractivity contribution in [1.29, 1.82) is 0 Å². The lowest BCUT2D eigenvalue weighted by Crippen LogP contribution is -2.34. The molecule has 2 atom stereocenters. The molecule has 0 aliphatic carbocycles. The molecule has 36 heavy (non-hydrogen) atoms. The fraction of sp³-hybridized carbons (Fsp3) is 0.333. The molecule has 2 N–H and O–H groups in total. The third-order valence-corrected chi connectivity index (χ3v) is 7.23. The molecule has 0 bridgehead atoms. The number of anilines is 1. The molecule has 0 amide bonds. The van der Waals surface area contributed by atoms with Crippen LogP contribution in [0, 0.1) is 17.6 Å². The number of hydrogen-bond acceptors (Lipinski definition) is 5. The molecular formula is C27H28F2N6O. The summed E-state index contributed by atoms with van der Waals surface area (Å²) < 4.78 is 31.9. The van der Waals surface area contributed by atoms with Gasteiger partial charge in [-0.2, -0.15) is 5.10 Å². The van der Waals surface area contributed by atoms with Gasteiger partial charge < -0.3 is 19.9 Å². The van der Waals surface area contributed by atoms with Gasteiger partial charge >= 0.3 is 0 Å². The minimum atomic E-state index is -0.596. The van der Waals surface area contributed by atoms with E-state index in [0.717, 1.165) is 54.8 Å². The lowest BCUT2D eigenvalue weighted by atomic mass is 10.1. The molecule has 2 aromatic carbocycles. The molecule has 1 saturated heterocycles. The monoisotopic (exact) mass is 490 g/mol. The average Bonchev–Trinajstić information content (AvgIpc) is 3.61. The van der Waals surface area contributed by atoms with Gasteiger partial charge in [-0.1, -0.05) is 0 Å². The Morgan fingerprint density at radius 2 is 2.06 bits per heavy atom. The summed E-state index contributed by atoms with van der Waals surface area (Å²) in [5.41, 5.74) is 5.07. The van der Waals surface area contributed by atoms with Gasteiger partial charge in [-0.3, -0.25) is 0 Å². The van der Waals surface area contributed by atoms with E-state index in [0.29, 0.717) is 29.4 Å². The first-order valence-electron chi connectivity index (χ1n) is 12.3. The summed E-state index contributed by atoms with van der Waals surface area (Å²) in [6, 6.07) is 12.1. The molecule has 186 valence electrons. The number of hydrogen-bond donors (Lipinski definition) is 2. The highest BCUT2D eigenvalue weighted by molar-refractivity contribution is 5.72. The van der Waals surface area contributed by atoms with Crippen molar-refractivity contribution in [3.05, 3.63) is 72.2 Å². The summed E-state index contributed by atoms with van der Waals surface area (Å²) >= 11 is 0. The van der Waals surface area contributed by atoms with Crippen LogP contribution < -0.4 is 10.2 Å². The number of rotatable bonds is 6. The zero-order valence-corrected chi connectivity index (χ0v) is 20.0. The second-order valence-corrected chi connectivity index (χ2v) is 9.77. The van der Waals surface area contributed by atoms with E-state index < -0.39 is 11.6 Å². The van der Waals surface area contributed by atoms with Crippen molar-refractivity contribution in [2.24, 2.45) is 5.92 Å². The molecule has 2 aromatic heterocycles. The van der Waals surface area contributed by atoms with Crippen LogP contribution in [-0.2, 0) is 6.54 Å². The van der Waals surface area contributed by atoms with Gasteiger partial charge in [-0.05, 0) is 61.2 Å². The highest BCUT2D eigenvalue weighted by Crippen LogP contribution is 2.36. The Hall–Kier alpha value is -3.56. The van der Waals surface area contributed by atoms with E-state index in [4.69, 9.17) is 0 Å². The summed E-state index contributed by atoms with van der Waals surface area (Å²) in [6.07, 6.45) is 4.52. The van der Waals surface area contributed by atoms with Gasteiger partial charge in [0.1, 0.15) is 18.0 Å². The minimum Gasteiger partial charge on any atom is -0.395 e. The topological polar surface area (TPSA) is 71.1 Å². The van der Waals surface area contributed by atoms with E-state index in [1.807, 2.05) is 23.9 Å². The maximum atomic E-state index is 14.5. The normalized spacial score (nSPS) is 17.4. The third kappa shape index (κ3) is 4.08. The van der Waals surface area contributed by atoms with Gasteiger partial charge in [-0.25, -0.2) is 18.4 Å². The van der Waals surface area contributed by atoms with Crippen LogP contribution in [0.1, 0.15) is 18.9 Å². The zero-order valence-electron chi connectivity index (χ0n) is 20.0. The molecule has 0 saturated carbocycles. The van der Waals surface area contributed by atoms with Crippen molar-refractivity contribution in [2.45, 2.75) is 25.9 Å². The molecule has 2 aliphatic heterocycles. The molecule has 9 heteroatoms. The molecular weight excluding hydrogens is 462 g/mol. The number of aliphatic hydroxyl groups is 1. The number of benzene rings is 2. The van der Waals surface area contributed by atoms with E-state index >= 15 is 0 Å². The third-order valence-electron chi connectivity index (χ3n) is 7.23. The summed E-state index contributed by atoms with van der Waals surface area (Å²) in [4.78, 5) is 6.90. The predicted molar refractivity (Wildman–Crippen MR) is 134 cm³/mol. The number of aromatic nitrogens is 4. The quantitative estimate of drug-likeness (QED) is 0.379. The van der Waals surface area contributed by atoms with Crippen molar-refractivity contribution in [1.82, 2.24) is 24.6 Å². The lowest BCUT2D eigenvalue weighted by Gasteiger charge is -2.21. The van der Waals surface area contributed by atoms with Gasteiger partial charge in [0.25, 0.3) is 0 Å². The van der Waals surface area contributed by atoms with Gasteiger partial charge in [0.15, 0.2) is 5.82 Å². The number of aliphatic hydroxyl groups excluding tert-OH is 1. The molecule has 0 radical (unpaired) electrons. The number of nitrogens with one attached hydrogen (secondary N) is 1. The molecule has 1 fully saturated rings. The van der Waals surface area contributed by atoms with Gasteiger partial charge in [0.05, 0.1) is 18.0 Å². The fourth-order valence-corrected chi connectivity index (χ4v) is 5.24. The molecule has 0 spiro atoms. The highest BCUT2D eigenvalue weighted by atomic mass is 19.1. The first kappa shape index (κ1) is 22.9. The summed E-state index contributed by atoms with van der Waals surface area (Å²) in [5.74, 6) is 0.0250. The van der Waals surface area contributed by atoms with Gasteiger partial charge in [0.2, 0.25) is 0 Å². The molecule has 0 unspecified atom stereocenters. The summed E-state index contributed by atoms with van der Waals surface area (Å²) in [5, 5.41) is 17.2. The Kier molecular flexibility index (Phi) is 5.81.